The fourth-order valence-electron chi connectivity index (χ4n) is 4.11. The Morgan fingerprint density at radius 3 is 2.48 bits per heavy atom. The number of amides is 2. The Morgan fingerprint density at radius 1 is 1.22 bits per heavy atom. The van der Waals surface area contributed by atoms with E-state index >= 15 is 0 Å². The van der Waals surface area contributed by atoms with Crippen LogP contribution in [0.5, 0.6) is 0 Å². The van der Waals surface area contributed by atoms with Crippen LogP contribution < -0.4 is 5.73 Å². The molecule has 3 N–H and O–H groups in total. The van der Waals surface area contributed by atoms with Crippen LogP contribution in [0.25, 0.3) is 0 Å². The topological polar surface area (TPSA) is 92.9 Å². The van der Waals surface area contributed by atoms with Gasteiger partial charge in [0.2, 0.25) is 11.8 Å². The molecular weight excluding hydrogens is 296 g/mol. The molecule has 6 nitrogen and oxygen atoms in total. The molecule has 3 aliphatic rings. The largest absolute Gasteiger partial charge is 0.389 e. The summed E-state index contributed by atoms with van der Waals surface area (Å²) in [6.07, 6.45) is 6.23. The maximum Gasteiger partial charge on any atom is 0.225 e. The van der Waals surface area contributed by atoms with Gasteiger partial charge < -0.3 is 20.5 Å². The number of aliphatic hydroxyl groups is 1. The number of hydrogen-bond donors (Lipinski definition) is 2. The van der Waals surface area contributed by atoms with Crippen LogP contribution in [-0.2, 0) is 14.3 Å². The maximum absolute atomic E-state index is 12.3. The van der Waals surface area contributed by atoms with Gasteiger partial charge in [0.15, 0.2) is 0 Å². The minimum atomic E-state index is -0.736. The molecule has 0 spiro atoms. The van der Waals surface area contributed by atoms with Crippen LogP contribution >= 0.6 is 0 Å². The quantitative estimate of drug-likeness (QED) is 0.783. The number of primary amides is 1. The van der Waals surface area contributed by atoms with Gasteiger partial charge in [-0.25, -0.2) is 0 Å². The van der Waals surface area contributed by atoms with Crippen molar-refractivity contribution >= 4 is 11.8 Å². The molecule has 0 aromatic heterocycles. The molecule has 0 aromatic rings. The highest BCUT2D eigenvalue weighted by atomic mass is 16.5. The number of likely N-dealkylation sites (tertiary alicyclic amines) is 1. The summed E-state index contributed by atoms with van der Waals surface area (Å²) in [7, 11) is 0. The fourth-order valence-corrected chi connectivity index (χ4v) is 4.11. The van der Waals surface area contributed by atoms with E-state index in [4.69, 9.17) is 10.5 Å². The van der Waals surface area contributed by atoms with Crippen LogP contribution in [0.2, 0.25) is 0 Å². The van der Waals surface area contributed by atoms with Crippen molar-refractivity contribution < 1.29 is 19.4 Å². The molecular formula is C17H28N2O4. The summed E-state index contributed by atoms with van der Waals surface area (Å²) >= 11 is 0. The number of carbonyl (C=O) groups excluding carboxylic acids is 2. The van der Waals surface area contributed by atoms with Crippen molar-refractivity contribution in [3.63, 3.8) is 0 Å². The van der Waals surface area contributed by atoms with E-state index in [1.54, 1.807) is 0 Å². The van der Waals surface area contributed by atoms with Crippen LogP contribution in [0.3, 0.4) is 0 Å². The first-order valence-electron chi connectivity index (χ1n) is 8.88. The highest BCUT2D eigenvalue weighted by Gasteiger charge is 2.39. The lowest BCUT2D eigenvalue weighted by atomic mass is 9.77. The Morgan fingerprint density at radius 2 is 1.91 bits per heavy atom. The predicted octanol–water partition coefficient (Wildman–Crippen LogP) is 0.811. The van der Waals surface area contributed by atoms with Gasteiger partial charge in [0.25, 0.3) is 0 Å². The second-order valence-corrected chi connectivity index (χ2v) is 7.52. The SMILES string of the molecule is NC(=O)[C@@H]1CCO[C@@H]1CC1CCN(C(=O)CC2(O)CCC2)CC1. The number of nitrogens with zero attached hydrogens (tertiary/aromatic N) is 1. The van der Waals surface area contributed by atoms with Gasteiger partial charge in [0, 0.05) is 19.7 Å². The van der Waals surface area contributed by atoms with Crippen molar-refractivity contribution in [3.8, 4) is 0 Å². The molecule has 0 bridgehead atoms. The van der Waals surface area contributed by atoms with Gasteiger partial charge in [-0.05, 0) is 50.9 Å². The van der Waals surface area contributed by atoms with Crippen molar-refractivity contribution in [1.29, 1.82) is 0 Å². The van der Waals surface area contributed by atoms with Crippen LogP contribution in [0.4, 0.5) is 0 Å². The normalized spacial score (nSPS) is 30.9. The van der Waals surface area contributed by atoms with Gasteiger partial charge in [-0.15, -0.1) is 0 Å². The van der Waals surface area contributed by atoms with E-state index in [0.29, 0.717) is 12.5 Å². The summed E-state index contributed by atoms with van der Waals surface area (Å²) in [6.45, 7) is 2.11. The zero-order valence-electron chi connectivity index (χ0n) is 13.7. The average Bonchev–Trinajstić information content (AvgIpc) is 2.94. The average molecular weight is 324 g/mol. The lowest BCUT2D eigenvalue weighted by molar-refractivity contribution is -0.141. The van der Waals surface area contributed by atoms with E-state index in [1.807, 2.05) is 4.90 Å². The molecule has 0 radical (unpaired) electrons. The Kier molecular flexibility index (Phi) is 4.92. The number of nitrogens with two attached hydrogens (primary N) is 1. The van der Waals surface area contributed by atoms with E-state index in [1.165, 1.54) is 0 Å². The van der Waals surface area contributed by atoms with Crippen molar-refractivity contribution in [1.82, 2.24) is 4.90 Å². The maximum atomic E-state index is 12.3. The highest BCUT2D eigenvalue weighted by Crippen LogP contribution is 2.36. The zero-order chi connectivity index (χ0) is 16.4. The van der Waals surface area contributed by atoms with Gasteiger partial charge in [0.1, 0.15) is 0 Å². The van der Waals surface area contributed by atoms with E-state index in [9.17, 15) is 14.7 Å². The van der Waals surface area contributed by atoms with Gasteiger partial charge >= 0.3 is 0 Å². The molecule has 0 aromatic carbocycles. The Hall–Kier alpha value is -1.14. The first-order valence-corrected chi connectivity index (χ1v) is 8.88. The van der Waals surface area contributed by atoms with E-state index in [2.05, 4.69) is 0 Å². The molecule has 1 saturated carbocycles. The minimum absolute atomic E-state index is 0.0459. The van der Waals surface area contributed by atoms with Crippen molar-refractivity contribution in [3.05, 3.63) is 0 Å². The minimum Gasteiger partial charge on any atom is -0.389 e. The molecule has 3 rings (SSSR count). The molecule has 6 heteroatoms. The smallest absolute Gasteiger partial charge is 0.225 e. The van der Waals surface area contributed by atoms with Gasteiger partial charge in [-0.1, -0.05) is 0 Å². The molecule has 2 heterocycles. The standard InChI is InChI=1S/C17H28N2O4/c18-16(21)13-4-9-23-14(13)10-12-2-7-19(8-3-12)15(20)11-17(22)5-1-6-17/h12-14,22H,1-11H2,(H2,18,21)/t13-,14-/m1/s1. The third-order valence-corrected chi connectivity index (χ3v) is 5.87. The second-order valence-electron chi connectivity index (χ2n) is 7.52. The lowest BCUT2D eigenvalue weighted by Gasteiger charge is -2.39. The summed E-state index contributed by atoms with van der Waals surface area (Å²) in [5, 5.41) is 10.1. The van der Waals surface area contributed by atoms with Crippen molar-refractivity contribution in [2.24, 2.45) is 17.6 Å². The summed E-state index contributed by atoms with van der Waals surface area (Å²) < 4.78 is 5.68. The van der Waals surface area contributed by atoms with Crippen LogP contribution in [-0.4, -0.2) is 53.2 Å². The zero-order valence-corrected chi connectivity index (χ0v) is 13.7. The van der Waals surface area contributed by atoms with Gasteiger partial charge in [-0.2, -0.15) is 0 Å². The number of carbonyl (C=O) groups is 2. The third-order valence-electron chi connectivity index (χ3n) is 5.87. The Bertz CT molecular complexity index is 456. The summed E-state index contributed by atoms with van der Waals surface area (Å²) in [4.78, 5) is 25.6. The predicted molar refractivity (Wildman–Crippen MR) is 84.4 cm³/mol. The first-order chi connectivity index (χ1) is 11.0. The molecule has 2 atom stereocenters. The first kappa shape index (κ1) is 16.7. The van der Waals surface area contributed by atoms with E-state index in [0.717, 1.165) is 58.0 Å². The number of rotatable bonds is 5. The highest BCUT2D eigenvalue weighted by molar-refractivity contribution is 5.78. The molecule has 2 saturated heterocycles. The fraction of sp³-hybridized carbons (Fsp3) is 0.882. The number of piperidine rings is 1. The molecule has 0 unspecified atom stereocenters. The molecule has 2 aliphatic heterocycles. The molecule has 130 valence electrons. The Labute approximate surface area is 137 Å². The summed E-state index contributed by atoms with van der Waals surface area (Å²) in [6, 6.07) is 0. The number of hydrogen-bond acceptors (Lipinski definition) is 4. The van der Waals surface area contributed by atoms with Gasteiger partial charge in [-0.3, -0.25) is 9.59 Å². The number of ether oxygens (including phenoxy) is 1. The van der Waals surface area contributed by atoms with Crippen LogP contribution in [0, 0.1) is 11.8 Å². The van der Waals surface area contributed by atoms with E-state index in [-0.39, 0.29) is 30.3 Å². The van der Waals surface area contributed by atoms with Gasteiger partial charge in [0.05, 0.1) is 24.0 Å². The van der Waals surface area contributed by atoms with Crippen LogP contribution in [0.15, 0.2) is 0 Å². The molecule has 3 fully saturated rings. The van der Waals surface area contributed by atoms with Crippen molar-refractivity contribution in [2.45, 2.75) is 63.1 Å². The molecule has 1 aliphatic carbocycles. The third kappa shape index (κ3) is 3.86. The summed E-state index contributed by atoms with van der Waals surface area (Å²) in [5.74, 6) is 0.157. The van der Waals surface area contributed by atoms with Crippen LogP contribution in [0.1, 0.15) is 51.4 Å². The van der Waals surface area contributed by atoms with E-state index < -0.39 is 5.60 Å². The molecule has 23 heavy (non-hydrogen) atoms. The lowest BCUT2D eigenvalue weighted by Crippen LogP contribution is -2.46. The Balaban J connectivity index is 1.43. The monoisotopic (exact) mass is 324 g/mol. The van der Waals surface area contributed by atoms with Crippen molar-refractivity contribution in [2.75, 3.05) is 19.7 Å². The second kappa shape index (κ2) is 6.77. The summed E-state index contributed by atoms with van der Waals surface area (Å²) in [5.41, 5.74) is 4.70. The molecule has 2 amide bonds.